The average molecular weight is 491 g/mol. The fourth-order valence-electron chi connectivity index (χ4n) is 3.87. The average Bonchev–Trinajstić information content (AvgIpc) is 3.26. The Hall–Kier alpha value is -4.60. The molecule has 1 fully saturated rings. The summed E-state index contributed by atoms with van der Waals surface area (Å²) in [6.07, 6.45) is -0.143. The minimum absolute atomic E-state index is 0.0493. The number of carbonyl (C=O) groups excluding carboxylic acids is 3. The first kappa shape index (κ1) is 24.5. The third kappa shape index (κ3) is 5.07. The van der Waals surface area contributed by atoms with E-state index in [0.717, 1.165) is 17.7 Å². The molecule has 0 aliphatic carbocycles. The summed E-state index contributed by atoms with van der Waals surface area (Å²) in [4.78, 5) is 50.6. The van der Waals surface area contributed by atoms with Crippen molar-refractivity contribution in [3.05, 3.63) is 93.8 Å². The fraction of sp³-hybridized carbons (Fsp3) is 0.192. The molecular formula is C26H22FN3O6. The van der Waals surface area contributed by atoms with E-state index in [1.165, 1.54) is 15.9 Å². The normalized spacial score (nSPS) is 15.0. The smallest absolute Gasteiger partial charge is 0.316 e. The van der Waals surface area contributed by atoms with Crippen LogP contribution in [-0.4, -0.2) is 36.3 Å². The van der Waals surface area contributed by atoms with Gasteiger partial charge in [-0.25, -0.2) is 0 Å². The van der Waals surface area contributed by atoms with Crippen LogP contribution in [0.15, 0.2) is 66.7 Å². The van der Waals surface area contributed by atoms with Crippen LogP contribution in [0.4, 0.5) is 21.5 Å². The van der Waals surface area contributed by atoms with Crippen LogP contribution in [0, 0.1) is 28.8 Å². The second-order valence-corrected chi connectivity index (χ2v) is 8.44. The highest BCUT2D eigenvalue weighted by Gasteiger charge is 2.37. The van der Waals surface area contributed by atoms with Crippen LogP contribution in [0.25, 0.3) is 0 Å². The third-order valence-corrected chi connectivity index (χ3v) is 5.94. The highest BCUT2D eigenvalue weighted by molar-refractivity contribution is 6.05. The van der Waals surface area contributed by atoms with Crippen molar-refractivity contribution in [2.45, 2.75) is 13.3 Å². The summed E-state index contributed by atoms with van der Waals surface area (Å²) in [6.45, 7) is 1.89. The van der Waals surface area contributed by atoms with Gasteiger partial charge in [0.05, 0.1) is 16.5 Å². The van der Waals surface area contributed by atoms with Gasteiger partial charge in [-0.3, -0.25) is 24.5 Å². The van der Waals surface area contributed by atoms with E-state index in [9.17, 15) is 28.9 Å². The van der Waals surface area contributed by atoms with Gasteiger partial charge in [0.1, 0.15) is 5.75 Å². The molecule has 3 aromatic carbocycles. The number of amides is 2. The van der Waals surface area contributed by atoms with Crippen LogP contribution >= 0.6 is 0 Å². The highest BCUT2D eigenvalue weighted by atomic mass is 19.1. The Morgan fingerprint density at radius 1 is 1.08 bits per heavy atom. The number of rotatable bonds is 6. The first-order chi connectivity index (χ1) is 17.1. The molecule has 1 saturated heterocycles. The summed E-state index contributed by atoms with van der Waals surface area (Å²) in [6, 6.07) is 16.7. The number of anilines is 2. The Kier molecular flexibility index (Phi) is 6.77. The second-order valence-electron chi connectivity index (χ2n) is 8.44. The van der Waals surface area contributed by atoms with Gasteiger partial charge in [0.2, 0.25) is 11.7 Å². The molecule has 1 heterocycles. The Bertz CT molecular complexity index is 1340. The van der Waals surface area contributed by atoms with Gasteiger partial charge in [0, 0.05) is 37.3 Å². The fourth-order valence-corrected chi connectivity index (χ4v) is 3.87. The summed E-state index contributed by atoms with van der Waals surface area (Å²) in [5, 5.41) is 11.0. The third-order valence-electron chi connectivity index (χ3n) is 5.94. The van der Waals surface area contributed by atoms with Gasteiger partial charge in [-0.05, 0) is 55.5 Å². The van der Waals surface area contributed by atoms with Gasteiger partial charge in [0.15, 0.2) is 0 Å². The molecule has 0 radical (unpaired) electrons. The molecule has 36 heavy (non-hydrogen) atoms. The number of halogens is 1. The number of ether oxygens (including phenoxy) is 1. The van der Waals surface area contributed by atoms with Crippen LogP contribution in [0.3, 0.4) is 0 Å². The lowest BCUT2D eigenvalue weighted by Crippen LogP contribution is -2.27. The first-order valence-electron chi connectivity index (χ1n) is 11.0. The predicted octanol–water partition coefficient (Wildman–Crippen LogP) is 4.28. The number of nitrogens with zero attached hydrogens (tertiary/aromatic N) is 3. The molecule has 0 spiro atoms. The van der Waals surface area contributed by atoms with Crippen LogP contribution in [-0.2, 0) is 9.59 Å². The maximum absolute atomic E-state index is 13.6. The van der Waals surface area contributed by atoms with E-state index < -0.39 is 34.2 Å². The van der Waals surface area contributed by atoms with Gasteiger partial charge in [0.25, 0.3) is 5.91 Å². The van der Waals surface area contributed by atoms with Crippen molar-refractivity contribution in [2.75, 3.05) is 23.4 Å². The summed E-state index contributed by atoms with van der Waals surface area (Å²) < 4.78 is 19.0. The largest absolute Gasteiger partial charge is 0.426 e. The zero-order valence-electron chi connectivity index (χ0n) is 19.5. The molecular weight excluding hydrogens is 469 g/mol. The van der Waals surface area contributed by atoms with E-state index in [2.05, 4.69) is 0 Å². The molecule has 0 saturated carbocycles. The molecule has 2 amide bonds. The Balaban J connectivity index is 1.40. The van der Waals surface area contributed by atoms with Crippen molar-refractivity contribution in [3.8, 4) is 5.75 Å². The van der Waals surface area contributed by atoms with E-state index in [-0.39, 0.29) is 30.3 Å². The molecule has 1 atom stereocenters. The van der Waals surface area contributed by atoms with Crippen molar-refractivity contribution in [1.82, 2.24) is 0 Å². The second kappa shape index (κ2) is 9.95. The number of carbonyl (C=O) groups is 3. The van der Waals surface area contributed by atoms with Crippen LogP contribution in [0.1, 0.15) is 22.3 Å². The molecule has 1 unspecified atom stereocenters. The van der Waals surface area contributed by atoms with Gasteiger partial charge in [-0.1, -0.05) is 17.7 Å². The van der Waals surface area contributed by atoms with Gasteiger partial charge < -0.3 is 14.5 Å². The lowest BCUT2D eigenvalue weighted by molar-refractivity contribution is -0.387. The topological polar surface area (TPSA) is 110 Å². The van der Waals surface area contributed by atoms with Crippen LogP contribution in [0.5, 0.6) is 5.75 Å². The van der Waals surface area contributed by atoms with Gasteiger partial charge in [-0.15, -0.1) is 0 Å². The molecule has 10 heteroatoms. The molecule has 184 valence electrons. The van der Waals surface area contributed by atoms with E-state index in [1.54, 1.807) is 43.4 Å². The summed E-state index contributed by atoms with van der Waals surface area (Å²) >= 11 is 0. The van der Waals surface area contributed by atoms with E-state index in [4.69, 9.17) is 4.74 Å². The first-order valence-corrected chi connectivity index (χ1v) is 11.0. The van der Waals surface area contributed by atoms with E-state index >= 15 is 0 Å². The predicted molar refractivity (Wildman–Crippen MR) is 130 cm³/mol. The Morgan fingerprint density at radius 3 is 2.39 bits per heavy atom. The maximum Gasteiger partial charge on any atom is 0.316 e. The van der Waals surface area contributed by atoms with Crippen molar-refractivity contribution >= 4 is 34.8 Å². The van der Waals surface area contributed by atoms with Crippen LogP contribution < -0.4 is 14.5 Å². The standard InChI is InChI=1S/C26H22FN3O6/c1-16-3-5-17(6-4-16)25(32)28(2)19-7-10-21(11-8-19)36-26(33)18-13-24(31)29(15-18)20-9-12-22(27)23(14-20)30(34)35/h3-12,14,18H,13,15H2,1-2H3. The zero-order valence-corrected chi connectivity index (χ0v) is 19.5. The molecule has 4 rings (SSSR count). The molecule has 0 bridgehead atoms. The number of nitro benzene ring substituents is 1. The number of nitro groups is 1. The number of hydrogen-bond acceptors (Lipinski definition) is 6. The Labute approximate surface area is 205 Å². The number of aryl methyl sites for hydroxylation is 1. The SMILES string of the molecule is Cc1ccc(C(=O)N(C)c2ccc(OC(=O)C3CC(=O)N(c4ccc(F)c([N+](=O)[O-])c4)C3)cc2)cc1. The highest BCUT2D eigenvalue weighted by Crippen LogP contribution is 2.30. The maximum atomic E-state index is 13.6. The van der Waals surface area contributed by atoms with Crippen molar-refractivity contribution in [2.24, 2.45) is 5.92 Å². The molecule has 0 aromatic heterocycles. The Morgan fingerprint density at radius 2 is 1.75 bits per heavy atom. The summed E-state index contributed by atoms with van der Waals surface area (Å²) in [7, 11) is 1.64. The number of benzene rings is 3. The van der Waals surface area contributed by atoms with E-state index in [0.29, 0.717) is 11.3 Å². The molecule has 1 aliphatic rings. The molecule has 3 aromatic rings. The number of esters is 1. The van der Waals surface area contributed by atoms with E-state index in [1.807, 2.05) is 19.1 Å². The minimum atomic E-state index is -1.01. The molecule has 9 nitrogen and oxygen atoms in total. The zero-order chi connectivity index (χ0) is 26.0. The van der Waals surface area contributed by atoms with Crippen molar-refractivity contribution in [1.29, 1.82) is 0 Å². The lowest BCUT2D eigenvalue weighted by Gasteiger charge is -2.18. The minimum Gasteiger partial charge on any atom is -0.426 e. The lowest BCUT2D eigenvalue weighted by atomic mass is 10.1. The molecule has 1 aliphatic heterocycles. The summed E-state index contributed by atoms with van der Waals surface area (Å²) in [5.74, 6) is -2.83. The quantitative estimate of drug-likeness (QED) is 0.220. The number of hydrogen-bond donors (Lipinski definition) is 0. The summed E-state index contributed by atoms with van der Waals surface area (Å²) in [5.41, 5.74) is 1.57. The molecule has 0 N–H and O–H groups in total. The monoisotopic (exact) mass is 491 g/mol. The van der Waals surface area contributed by atoms with Crippen molar-refractivity contribution in [3.63, 3.8) is 0 Å². The van der Waals surface area contributed by atoms with Crippen LogP contribution in [0.2, 0.25) is 0 Å². The van der Waals surface area contributed by atoms with Gasteiger partial charge >= 0.3 is 11.7 Å². The van der Waals surface area contributed by atoms with Crippen molar-refractivity contribution < 1.29 is 28.4 Å². The van der Waals surface area contributed by atoms with Gasteiger partial charge in [-0.2, -0.15) is 4.39 Å².